The van der Waals surface area contributed by atoms with Crippen LogP contribution in [0.2, 0.25) is 0 Å². The summed E-state index contributed by atoms with van der Waals surface area (Å²) < 4.78 is 4.62. The highest BCUT2D eigenvalue weighted by Gasteiger charge is 2.65. The lowest BCUT2D eigenvalue weighted by molar-refractivity contribution is -0.140. The van der Waals surface area contributed by atoms with E-state index in [1.54, 1.807) is 32.0 Å². The molecule has 2 N–H and O–H groups in total. The third kappa shape index (κ3) is 1.74. The third-order valence-electron chi connectivity index (χ3n) is 3.92. The highest BCUT2D eigenvalue weighted by atomic mass is 16.6. The molecule has 104 valence electrons. The molecule has 0 saturated heterocycles. The first-order valence-electron chi connectivity index (χ1n) is 6.18. The number of benzene rings is 1. The molecular weight excluding hydrogens is 262 g/mol. The number of fused-ring (bicyclic) bond motifs is 1. The molecule has 1 amide bonds. The summed E-state index contributed by atoms with van der Waals surface area (Å²) in [6, 6.07) is 5.10. The fraction of sp³-hybridized carbons (Fsp3) is 0.385. The standard InChI is InChI=1S/C13H13N3O4/c1-13(2)8(9(13)12(18)19)11(17)14-6-4-3-5-7-10(6)16-20-15-7/h3-5,8-9H,1-2H3,(H,14,17)(H,18,19)/t8-,9+/m0/s1. The molecule has 3 rings (SSSR count). The number of amides is 1. The van der Waals surface area contributed by atoms with E-state index in [-0.39, 0.29) is 5.91 Å². The number of rotatable bonds is 3. The van der Waals surface area contributed by atoms with Gasteiger partial charge in [0.1, 0.15) is 5.52 Å². The molecule has 0 unspecified atom stereocenters. The highest BCUT2D eigenvalue weighted by Crippen LogP contribution is 2.58. The topological polar surface area (TPSA) is 105 Å². The summed E-state index contributed by atoms with van der Waals surface area (Å²) in [7, 11) is 0. The van der Waals surface area contributed by atoms with Crippen molar-refractivity contribution >= 4 is 28.6 Å². The predicted molar refractivity (Wildman–Crippen MR) is 68.8 cm³/mol. The van der Waals surface area contributed by atoms with Crippen molar-refractivity contribution in [1.29, 1.82) is 0 Å². The lowest BCUT2D eigenvalue weighted by Gasteiger charge is -2.05. The third-order valence-corrected chi connectivity index (χ3v) is 3.92. The summed E-state index contributed by atoms with van der Waals surface area (Å²) in [5.41, 5.74) is 0.922. The molecule has 7 nitrogen and oxygen atoms in total. The monoisotopic (exact) mass is 275 g/mol. The van der Waals surface area contributed by atoms with E-state index < -0.39 is 23.2 Å². The van der Waals surface area contributed by atoms with Crippen molar-refractivity contribution in [3.8, 4) is 0 Å². The number of carboxylic acids is 1. The summed E-state index contributed by atoms with van der Waals surface area (Å²) in [4.78, 5) is 23.3. The minimum absolute atomic E-state index is 0.321. The molecule has 1 heterocycles. The molecular formula is C13H13N3O4. The van der Waals surface area contributed by atoms with Crippen molar-refractivity contribution in [2.45, 2.75) is 13.8 Å². The van der Waals surface area contributed by atoms with Crippen LogP contribution in [0.5, 0.6) is 0 Å². The number of hydrogen-bond acceptors (Lipinski definition) is 5. The summed E-state index contributed by atoms with van der Waals surface area (Å²) in [5, 5.41) is 19.2. The Morgan fingerprint density at radius 1 is 1.30 bits per heavy atom. The summed E-state index contributed by atoms with van der Waals surface area (Å²) in [6.45, 7) is 3.54. The fourth-order valence-electron chi connectivity index (χ4n) is 2.71. The molecule has 1 saturated carbocycles. The van der Waals surface area contributed by atoms with Crippen molar-refractivity contribution in [3.05, 3.63) is 18.2 Å². The van der Waals surface area contributed by atoms with Gasteiger partial charge in [0.2, 0.25) is 5.91 Å². The number of aromatic nitrogens is 2. The summed E-state index contributed by atoms with van der Waals surface area (Å²) >= 11 is 0. The van der Waals surface area contributed by atoms with Gasteiger partial charge in [0.25, 0.3) is 0 Å². The van der Waals surface area contributed by atoms with E-state index in [0.717, 1.165) is 0 Å². The molecule has 1 aromatic heterocycles. The Bertz CT molecular complexity index is 706. The molecule has 2 atom stereocenters. The largest absolute Gasteiger partial charge is 0.481 e. The quantitative estimate of drug-likeness (QED) is 0.879. The van der Waals surface area contributed by atoms with E-state index in [9.17, 15) is 9.59 Å². The molecule has 1 aromatic carbocycles. The van der Waals surface area contributed by atoms with Gasteiger partial charge in [-0.2, -0.15) is 0 Å². The average Bonchev–Trinajstić information content (AvgIpc) is 2.73. The highest BCUT2D eigenvalue weighted by molar-refractivity contribution is 6.03. The van der Waals surface area contributed by atoms with Crippen molar-refractivity contribution in [1.82, 2.24) is 10.3 Å². The first kappa shape index (κ1) is 12.6. The van der Waals surface area contributed by atoms with Crippen LogP contribution in [0.25, 0.3) is 11.0 Å². The fourth-order valence-corrected chi connectivity index (χ4v) is 2.71. The molecule has 2 aromatic rings. The van der Waals surface area contributed by atoms with Crippen LogP contribution in [0, 0.1) is 17.3 Å². The van der Waals surface area contributed by atoms with Gasteiger partial charge < -0.3 is 10.4 Å². The van der Waals surface area contributed by atoms with Crippen LogP contribution in [0.4, 0.5) is 5.69 Å². The van der Waals surface area contributed by atoms with E-state index in [1.807, 2.05) is 0 Å². The Morgan fingerprint density at radius 2 is 2.05 bits per heavy atom. The van der Waals surface area contributed by atoms with Gasteiger partial charge in [-0.05, 0) is 27.9 Å². The van der Waals surface area contributed by atoms with Crippen LogP contribution in [0.3, 0.4) is 0 Å². The number of aliphatic carboxylic acids is 1. The molecule has 1 aliphatic rings. The van der Waals surface area contributed by atoms with Crippen molar-refractivity contribution in [3.63, 3.8) is 0 Å². The van der Waals surface area contributed by atoms with Gasteiger partial charge in [0.15, 0.2) is 5.52 Å². The number of carbonyl (C=O) groups is 2. The Labute approximate surface area is 113 Å². The smallest absolute Gasteiger partial charge is 0.307 e. The maximum Gasteiger partial charge on any atom is 0.307 e. The Hall–Kier alpha value is -2.44. The van der Waals surface area contributed by atoms with Crippen LogP contribution in [-0.4, -0.2) is 27.3 Å². The van der Waals surface area contributed by atoms with E-state index in [4.69, 9.17) is 5.11 Å². The molecule has 0 spiro atoms. The molecule has 7 heteroatoms. The second-order valence-corrected chi connectivity index (χ2v) is 5.54. The normalized spacial score (nSPS) is 23.5. The molecule has 20 heavy (non-hydrogen) atoms. The second kappa shape index (κ2) is 4.03. The molecule has 1 fully saturated rings. The zero-order valence-corrected chi connectivity index (χ0v) is 11.0. The van der Waals surface area contributed by atoms with Gasteiger partial charge in [-0.3, -0.25) is 9.59 Å². The minimum Gasteiger partial charge on any atom is -0.481 e. The van der Waals surface area contributed by atoms with Gasteiger partial charge in [0.05, 0.1) is 17.5 Å². The number of nitrogens with one attached hydrogen (secondary N) is 1. The van der Waals surface area contributed by atoms with Gasteiger partial charge in [-0.1, -0.05) is 19.9 Å². The summed E-state index contributed by atoms with van der Waals surface area (Å²) in [5.74, 6) is -2.47. The molecule has 0 bridgehead atoms. The van der Waals surface area contributed by atoms with Gasteiger partial charge >= 0.3 is 5.97 Å². The maximum atomic E-state index is 12.2. The Kier molecular flexibility index (Phi) is 2.53. The lowest BCUT2D eigenvalue weighted by Crippen LogP contribution is -2.17. The van der Waals surface area contributed by atoms with Gasteiger partial charge in [0, 0.05) is 0 Å². The number of hydrogen-bond donors (Lipinski definition) is 2. The van der Waals surface area contributed by atoms with Crippen LogP contribution < -0.4 is 5.32 Å². The predicted octanol–water partition coefficient (Wildman–Crippen LogP) is 1.52. The average molecular weight is 275 g/mol. The number of carboxylic acid groups (broad SMARTS) is 1. The van der Waals surface area contributed by atoms with E-state index >= 15 is 0 Å². The van der Waals surface area contributed by atoms with Gasteiger partial charge in [-0.25, -0.2) is 4.63 Å². The first-order valence-corrected chi connectivity index (χ1v) is 6.18. The van der Waals surface area contributed by atoms with E-state index in [1.165, 1.54) is 0 Å². The van der Waals surface area contributed by atoms with E-state index in [0.29, 0.717) is 16.7 Å². The van der Waals surface area contributed by atoms with Crippen molar-refractivity contribution in [2.75, 3.05) is 5.32 Å². The first-order chi connectivity index (χ1) is 9.43. The zero-order valence-electron chi connectivity index (χ0n) is 11.0. The number of nitrogens with zero attached hydrogens (tertiary/aromatic N) is 2. The van der Waals surface area contributed by atoms with Crippen LogP contribution in [0.15, 0.2) is 22.8 Å². The summed E-state index contributed by atoms with van der Waals surface area (Å²) in [6.07, 6.45) is 0. The Morgan fingerprint density at radius 3 is 2.70 bits per heavy atom. The lowest BCUT2D eigenvalue weighted by atomic mass is 10.1. The Balaban J connectivity index is 1.84. The van der Waals surface area contributed by atoms with Gasteiger partial charge in [-0.15, -0.1) is 0 Å². The SMILES string of the molecule is CC1(C)[C@H](C(=O)Nc2cccc3nonc23)[C@@H]1C(=O)O. The van der Waals surface area contributed by atoms with E-state index in [2.05, 4.69) is 20.3 Å². The second-order valence-electron chi connectivity index (χ2n) is 5.54. The molecule has 1 aliphatic carbocycles. The number of anilines is 1. The number of carbonyl (C=O) groups excluding carboxylic acids is 1. The van der Waals surface area contributed by atoms with Crippen molar-refractivity contribution in [2.24, 2.45) is 17.3 Å². The molecule has 0 aliphatic heterocycles. The maximum absolute atomic E-state index is 12.2. The van der Waals surface area contributed by atoms with Crippen LogP contribution >= 0.6 is 0 Å². The zero-order chi connectivity index (χ0) is 14.5. The van der Waals surface area contributed by atoms with Crippen molar-refractivity contribution < 1.29 is 19.3 Å². The molecule has 0 radical (unpaired) electrons. The van der Waals surface area contributed by atoms with Crippen LogP contribution in [-0.2, 0) is 9.59 Å². The van der Waals surface area contributed by atoms with Crippen LogP contribution in [0.1, 0.15) is 13.8 Å². The minimum atomic E-state index is -0.948.